The lowest BCUT2D eigenvalue weighted by Crippen LogP contribution is -2.69. The van der Waals surface area contributed by atoms with Crippen LogP contribution in [0.15, 0.2) is 48.5 Å². The molecule has 1 aliphatic carbocycles. The Labute approximate surface area is 221 Å². The number of ether oxygens (including phenoxy) is 2. The third-order valence-electron chi connectivity index (χ3n) is 6.51. The molecule has 1 saturated carbocycles. The minimum Gasteiger partial charge on any atom is -0.480 e. The normalized spacial score (nSPS) is 22.5. The predicted octanol–water partition coefficient (Wildman–Crippen LogP) is 6.88. The molecule has 0 radical (unpaired) electrons. The molecule has 0 aliphatic heterocycles. The van der Waals surface area contributed by atoms with E-state index in [2.05, 4.69) is 5.32 Å². The minimum atomic E-state index is -5.01. The van der Waals surface area contributed by atoms with Gasteiger partial charge in [0.2, 0.25) is 0 Å². The molecule has 1 fully saturated rings. The Morgan fingerprint density at radius 3 is 1.90 bits per heavy atom. The number of alkyl halides is 6. The van der Waals surface area contributed by atoms with Gasteiger partial charge in [0.25, 0.3) is 0 Å². The molecule has 0 heterocycles. The number of carbonyl (C=O) groups is 2. The van der Waals surface area contributed by atoms with Crippen molar-refractivity contribution in [2.75, 3.05) is 6.61 Å². The van der Waals surface area contributed by atoms with Crippen molar-refractivity contribution in [2.24, 2.45) is 0 Å². The third-order valence-corrected chi connectivity index (χ3v) is 6.51. The smallest absolute Gasteiger partial charge is 0.416 e. The highest BCUT2D eigenvalue weighted by Crippen LogP contribution is 2.51. The van der Waals surface area contributed by atoms with Crippen LogP contribution in [0.25, 0.3) is 0 Å². The van der Waals surface area contributed by atoms with Gasteiger partial charge in [-0.25, -0.2) is 9.59 Å². The molecule has 1 aliphatic rings. The molecule has 214 valence electrons. The summed E-state index contributed by atoms with van der Waals surface area (Å²) < 4.78 is 90.9. The van der Waals surface area contributed by atoms with Crippen molar-refractivity contribution in [3.05, 3.63) is 70.8 Å². The van der Waals surface area contributed by atoms with Crippen LogP contribution in [-0.2, 0) is 32.0 Å². The number of amides is 1. The van der Waals surface area contributed by atoms with E-state index in [1.807, 2.05) is 0 Å². The summed E-state index contributed by atoms with van der Waals surface area (Å²) in [6, 6.07) is 9.78. The molecule has 2 aromatic rings. The van der Waals surface area contributed by atoms with E-state index < -0.39 is 58.2 Å². The highest BCUT2D eigenvalue weighted by atomic mass is 19.4. The quantitative estimate of drug-likeness (QED) is 0.360. The number of rotatable bonds is 7. The van der Waals surface area contributed by atoms with Crippen LogP contribution in [0.3, 0.4) is 0 Å². The lowest BCUT2D eigenvalue weighted by molar-refractivity contribution is -0.155. The number of carboxylic acid groups (broad SMARTS) is 1. The monoisotopic (exact) mass is 561 g/mol. The summed E-state index contributed by atoms with van der Waals surface area (Å²) in [5.41, 5.74) is -6.23. The Balaban J connectivity index is 1.89. The molecule has 12 heteroatoms. The molecular weight excluding hydrogens is 532 g/mol. The van der Waals surface area contributed by atoms with Crippen molar-refractivity contribution in [3.63, 3.8) is 0 Å². The first-order valence-electron chi connectivity index (χ1n) is 12.0. The van der Waals surface area contributed by atoms with E-state index >= 15 is 0 Å². The fourth-order valence-electron chi connectivity index (χ4n) is 4.67. The van der Waals surface area contributed by atoms with Crippen LogP contribution in [0.2, 0.25) is 0 Å². The molecule has 2 N–H and O–H groups in total. The first kappa shape index (κ1) is 30.3. The Morgan fingerprint density at radius 2 is 1.46 bits per heavy atom. The van der Waals surface area contributed by atoms with Gasteiger partial charge in [-0.3, -0.25) is 0 Å². The van der Waals surface area contributed by atoms with Crippen LogP contribution in [0.4, 0.5) is 31.1 Å². The van der Waals surface area contributed by atoms with Gasteiger partial charge in [0.05, 0.1) is 23.8 Å². The van der Waals surface area contributed by atoms with E-state index in [0.29, 0.717) is 17.7 Å². The lowest BCUT2D eigenvalue weighted by Gasteiger charge is -2.54. The van der Waals surface area contributed by atoms with Crippen molar-refractivity contribution in [2.45, 2.75) is 75.5 Å². The van der Waals surface area contributed by atoms with Crippen molar-refractivity contribution < 1.29 is 50.5 Å². The summed E-state index contributed by atoms with van der Waals surface area (Å²) in [5.74, 6) is -1.32. The highest BCUT2D eigenvalue weighted by molar-refractivity contribution is 5.86. The largest absolute Gasteiger partial charge is 0.480 e. The highest BCUT2D eigenvalue weighted by Gasteiger charge is 2.61. The summed E-state index contributed by atoms with van der Waals surface area (Å²) in [7, 11) is 0. The number of hydrogen-bond acceptors (Lipinski definition) is 4. The average Bonchev–Trinajstić information content (AvgIpc) is 2.78. The maximum absolute atomic E-state index is 13.3. The zero-order valence-corrected chi connectivity index (χ0v) is 21.7. The van der Waals surface area contributed by atoms with Crippen LogP contribution < -0.4 is 5.32 Å². The van der Waals surface area contributed by atoms with Crippen molar-refractivity contribution >= 4 is 12.1 Å². The molecule has 0 spiro atoms. The summed E-state index contributed by atoms with van der Waals surface area (Å²) in [5, 5.41) is 12.4. The van der Waals surface area contributed by atoms with Crippen LogP contribution in [0.5, 0.6) is 0 Å². The van der Waals surface area contributed by atoms with E-state index in [1.165, 1.54) is 6.92 Å². The molecule has 1 amide bonds. The van der Waals surface area contributed by atoms with Crippen molar-refractivity contribution in [3.8, 4) is 0 Å². The second-order valence-electron chi connectivity index (χ2n) is 10.8. The van der Waals surface area contributed by atoms with E-state index in [9.17, 15) is 41.0 Å². The van der Waals surface area contributed by atoms with Gasteiger partial charge in [-0.15, -0.1) is 0 Å². The van der Waals surface area contributed by atoms with Gasteiger partial charge in [0.1, 0.15) is 11.1 Å². The molecule has 1 atom stereocenters. The van der Waals surface area contributed by atoms with E-state index in [4.69, 9.17) is 9.47 Å². The number of hydrogen-bond donors (Lipinski definition) is 2. The number of benzene rings is 2. The Kier molecular flexibility index (Phi) is 8.04. The Hall–Kier alpha value is -3.28. The van der Waals surface area contributed by atoms with Crippen molar-refractivity contribution in [1.29, 1.82) is 0 Å². The number of alkyl carbamates (subject to hydrolysis) is 1. The van der Waals surface area contributed by atoms with Crippen LogP contribution in [0, 0.1) is 0 Å². The molecule has 3 rings (SSSR count). The molecule has 0 aromatic heterocycles. The lowest BCUT2D eigenvalue weighted by atomic mass is 9.54. The second-order valence-corrected chi connectivity index (χ2v) is 10.8. The zero-order chi connectivity index (χ0) is 29.4. The third kappa shape index (κ3) is 7.03. The first-order chi connectivity index (χ1) is 17.8. The summed E-state index contributed by atoms with van der Waals surface area (Å²) in [4.78, 5) is 24.6. The molecule has 2 aromatic carbocycles. The van der Waals surface area contributed by atoms with Gasteiger partial charge in [-0.1, -0.05) is 30.3 Å². The molecule has 0 bridgehead atoms. The van der Waals surface area contributed by atoms with E-state index in [1.54, 1.807) is 51.1 Å². The number of nitrogens with one attached hydrogen (secondary N) is 1. The van der Waals surface area contributed by atoms with Crippen LogP contribution in [0.1, 0.15) is 68.9 Å². The predicted molar refractivity (Wildman–Crippen MR) is 128 cm³/mol. The van der Waals surface area contributed by atoms with Gasteiger partial charge < -0.3 is 19.9 Å². The van der Waals surface area contributed by atoms with Gasteiger partial charge >= 0.3 is 24.4 Å². The molecular formula is C27H29F6NO5. The molecule has 6 nitrogen and oxygen atoms in total. The zero-order valence-electron chi connectivity index (χ0n) is 21.7. The first-order valence-corrected chi connectivity index (χ1v) is 12.0. The average molecular weight is 562 g/mol. The number of aliphatic carboxylic acids is 1. The fraction of sp³-hybridized carbons (Fsp3) is 0.481. The van der Waals surface area contributed by atoms with Gasteiger partial charge in [-0.05, 0) is 69.9 Å². The maximum atomic E-state index is 13.3. The van der Waals surface area contributed by atoms with E-state index in [0.717, 1.165) is 0 Å². The number of carboxylic acids is 1. The molecule has 39 heavy (non-hydrogen) atoms. The maximum Gasteiger partial charge on any atom is 0.416 e. The number of carbonyl (C=O) groups excluding carboxylic acids is 1. The summed E-state index contributed by atoms with van der Waals surface area (Å²) in [6.07, 6.45) is -12.5. The van der Waals surface area contributed by atoms with Crippen LogP contribution in [-0.4, -0.2) is 34.9 Å². The van der Waals surface area contributed by atoms with Crippen LogP contribution >= 0.6 is 0 Å². The summed E-state index contributed by atoms with van der Waals surface area (Å²) in [6.45, 7) is 5.92. The van der Waals surface area contributed by atoms with Crippen molar-refractivity contribution in [1.82, 2.24) is 5.32 Å². The Morgan fingerprint density at radius 1 is 0.949 bits per heavy atom. The Bertz CT molecular complexity index is 1170. The SMILES string of the molecule is C[C@@H](OCC1(c2ccccc2)CC(NC(=O)OC(C)(C)C)(C(=O)O)C1)c1cc(C(F)(F)F)cc(C(F)(F)F)c1. The summed E-state index contributed by atoms with van der Waals surface area (Å²) >= 11 is 0. The standard InChI is InChI=1S/C27H29F6NO5/c1-16(17-10-19(26(28,29)30)12-20(11-17)27(31,32)33)38-15-24(18-8-6-5-7-9-18)13-25(14-24,21(35)36)34-22(37)39-23(2,3)4/h5-12,16H,13-15H2,1-4H3,(H,34,37)(H,35,36)/t16-,24?,25?/m1/s1. The van der Waals surface area contributed by atoms with Gasteiger partial charge in [-0.2, -0.15) is 26.3 Å². The topological polar surface area (TPSA) is 84.9 Å². The molecule has 0 unspecified atom stereocenters. The van der Waals surface area contributed by atoms with E-state index in [-0.39, 0.29) is 31.1 Å². The molecule has 0 saturated heterocycles. The van der Waals surface area contributed by atoms with Gasteiger partial charge in [0, 0.05) is 5.41 Å². The van der Waals surface area contributed by atoms with Gasteiger partial charge in [0.15, 0.2) is 0 Å². The fourth-order valence-corrected chi connectivity index (χ4v) is 4.67. The second kappa shape index (κ2) is 10.4. The minimum absolute atomic E-state index is 0.0389. The number of halogens is 6.